The maximum atomic E-state index is 12.1. The van der Waals surface area contributed by atoms with Crippen LogP contribution in [-0.2, 0) is 4.79 Å². The van der Waals surface area contributed by atoms with Crippen LogP contribution in [0.3, 0.4) is 0 Å². The molecular weight excluding hydrogens is 264 g/mol. The Morgan fingerprint density at radius 1 is 1.26 bits per heavy atom. The number of nitrogens with zero attached hydrogens (tertiary/aromatic N) is 1. The number of rotatable bonds is 2. The van der Waals surface area contributed by atoms with Gasteiger partial charge in [0, 0.05) is 30.1 Å². The van der Waals surface area contributed by atoms with E-state index in [1.165, 1.54) is 0 Å². The van der Waals surface area contributed by atoms with Gasteiger partial charge < -0.3 is 15.3 Å². The number of carbonyl (C=O) groups excluding carboxylic acids is 1. The molecule has 6 heteroatoms. The quantitative estimate of drug-likeness (QED) is 0.812. The number of aliphatic carboxylic acids is 1. The molecule has 2 fully saturated rings. The summed E-state index contributed by atoms with van der Waals surface area (Å²) in [6.45, 7) is 3.76. The van der Waals surface area contributed by atoms with Gasteiger partial charge in [0.25, 0.3) is 0 Å². The minimum atomic E-state index is -0.702. The van der Waals surface area contributed by atoms with Crippen molar-refractivity contribution in [2.75, 3.05) is 18.8 Å². The highest BCUT2D eigenvalue weighted by molar-refractivity contribution is 7.99. The summed E-state index contributed by atoms with van der Waals surface area (Å²) in [6, 6.07) is 0.166. The van der Waals surface area contributed by atoms with Crippen LogP contribution in [0.1, 0.15) is 32.6 Å². The van der Waals surface area contributed by atoms with Crippen molar-refractivity contribution in [2.24, 2.45) is 5.92 Å². The third kappa shape index (κ3) is 4.03. The van der Waals surface area contributed by atoms with E-state index >= 15 is 0 Å². The Kier molecular flexibility index (Phi) is 4.96. The smallest absolute Gasteiger partial charge is 0.317 e. The largest absolute Gasteiger partial charge is 0.481 e. The van der Waals surface area contributed by atoms with Crippen LogP contribution < -0.4 is 5.32 Å². The van der Waals surface area contributed by atoms with E-state index in [1.807, 2.05) is 16.7 Å². The first-order chi connectivity index (χ1) is 9.06. The SMILES string of the molecule is CC1CN(C(=O)NC2CCC(C(=O)O)CC2)CCS1. The molecule has 1 heterocycles. The van der Waals surface area contributed by atoms with E-state index in [-0.39, 0.29) is 18.0 Å². The van der Waals surface area contributed by atoms with Gasteiger partial charge in [-0.1, -0.05) is 6.92 Å². The summed E-state index contributed by atoms with van der Waals surface area (Å²) in [6.07, 6.45) is 2.90. The van der Waals surface area contributed by atoms with Crippen LogP contribution in [0.4, 0.5) is 4.79 Å². The van der Waals surface area contributed by atoms with E-state index in [9.17, 15) is 9.59 Å². The van der Waals surface area contributed by atoms with E-state index in [0.29, 0.717) is 18.1 Å². The maximum absolute atomic E-state index is 12.1. The summed E-state index contributed by atoms with van der Waals surface area (Å²) in [5.41, 5.74) is 0. The van der Waals surface area contributed by atoms with Crippen molar-refractivity contribution in [3.8, 4) is 0 Å². The Labute approximate surface area is 118 Å². The predicted molar refractivity (Wildman–Crippen MR) is 75.4 cm³/mol. The van der Waals surface area contributed by atoms with Gasteiger partial charge in [-0.3, -0.25) is 4.79 Å². The van der Waals surface area contributed by atoms with Gasteiger partial charge in [0.1, 0.15) is 0 Å². The molecule has 0 aromatic carbocycles. The van der Waals surface area contributed by atoms with E-state index in [4.69, 9.17) is 5.11 Å². The van der Waals surface area contributed by atoms with Crippen molar-refractivity contribution >= 4 is 23.8 Å². The second kappa shape index (κ2) is 6.50. The lowest BCUT2D eigenvalue weighted by molar-refractivity contribution is -0.142. The zero-order chi connectivity index (χ0) is 13.8. The summed E-state index contributed by atoms with van der Waals surface area (Å²) in [7, 11) is 0. The average Bonchev–Trinajstić information content (AvgIpc) is 2.39. The Morgan fingerprint density at radius 3 is 2.53 bits per heavy atom. The summed E-state index contributed by atoms with van der Waals surface area (Å²) >= 11 is 1.90. The van der Waals surface area contributed by atoms with Crippen molar-refractivity contribution in [1.29, 1.82) is 0 Å². The molecule has 1 saturated carbocycles. The minimum absolute atomic E-state index is 0.0194. The number of urea groups is 1. The summed E-state index contributed by atoms with van der Waals surface area (Å²) < 4.78 is 0. The molecule has 0 aromatic rings. The lowest BCUT2D eigenvalue weighted by Gasteiger charge is -2.33. The number of hydrogen-bond donors (Lipinski definition) is 2. The van der Waals surface area contributed by atoms with Gasteiger partial charge in [-0.25, -0.2) is 4.79 Å². The molecule has 108 valence electrons. The number of carboxylic acid groups (broad SMARTS) is 1. The summed E-state index contributed by atoms with van der Waals surface area (Å²) in [5.74, 6) is 0.0755. The van der Waals surface area contributed by atoms with Gasteiger partial charge in [0.15, 0.2) is 0 Å². The first-order valence-electron chi connectivity index (χ1n) is 6.96. The fourth-order valence-electron chi connectivity index (χ4n) is 2.75. The molecule has 0 bridgehead atoms. The monoisotopic (exact) mass is 286 g/mol. The number of carboxylic acids is 1. The van der Waals surface area contributed by atoms with E-state index in [0.717, 1.165) is 31.7 Å². The Bertz CT molecular complexity index is 343. The lowest BCUT2D eigenvalue weighted by atomic mass is 9.86. The molecule has 2 amide bonds. The Hall–Kier alpha value is -0.910. The highest BCUT2D eigenvalue weighted by Gasteiger charge is 2.28. The topological polar surface area (TPSA) is 69.6 Å². The van der Waals surface area contributed by atoms with E-state index in [2.05, 4.69) is 12.2 Å². The van der Waals surface area contributed by atoms with Crippen LogP contribution in [0.15, 0.2) is 0 Å². The van der Waals surface area contributed by atoms with Gasteiger partial charge in [-0.15, -0.1) is 0 Å². The molecule has 1 atom stereocenters. The van der Waals surface area contributed by atoms with Crippen LogP contribution >= 0.6 is 11.8 Å². The van der Waals surface area contributed by atoms with Gasteiger partial charge in [0.05, 0.1) is 5.92 Å². The molecule has 2 rings (SSSR count). The first-order valence-corrected chi connectivity index (χ1v) is 8.01. The molecule has 2 aliphatic rings. The molecule has 1 aliphatic carbocycles. The molecule has 1 aliphatic heterocycles. The normalized spacial score (nSPS) is 31.8. The number of hydrogen-bond acceptors (Lipinski definition) is 3. The van der Waals surface area contributed by atoms with Crippen LogP contribution in [0.25, 0.3) is 0 Å². The molecule has 1 saturated heterocycles. The average molecular weight is 286 g/mol. The lowest BCUT2D eigenvalue weighted by Crippen LogP contribution is -2.50. The van der Waals surface area contributed by atoms with Gasteiger partial charge in [-0.2, -0.15) is 11.8 Å². The van der Waals surface area contributed by atoms with Crippen LogP contribution in [0.2, 0.25) is 0 Å². The fourth-order valence-corrected chi connectivity index (χ4v) is 3.77. The fraction of sp³-hybridized carbons (Fsp3) is 0.846. The minimum Gasteiger partial charge on any atom is -0.481 e. The molecule has 0 radical (unpaired) electrons. The molecule has 19 heavy (non-hydrogen) atoms. The third-order valence-electron chi connectivity index (χ3n) is 3.93. The van der Waals surface area contributed by atoms with Crippen molar-refractivity contribution in [1.82, 2.24) is 10.2 Å². The molecule has 2 N–H and O–H groups in total. The van der Waals surface area contributed by atoms with Crippen LogP contribution in [0, 0.1) is 5.92 Å². The third-order valence-corrected chi connectivity index (χ3v) is 5.07. The first kappa shape index (κ1) is 14.5. The predicted octanol–water partition coefficient (Wildman–Crippen LogP) is 1.78. The molecule has 0 spiro atoms. The van der Waals surface area contributed by atoms with E-state index in [1.54, 1.807) is 0 Å². The maximum Gasteiger partial charge on any atom is 0.317 e. The molecular formula is C13H22N2O3S. The highest BCUT2D eigenvalue weighted by atomic mass is 32.2. The van der Waals surface area contributed by atoms with Crippen molar-refractivity contribution in [3.63, 3.8) is 0 Å². The number of nitrogens with one attached hydrogen (secondary N) is 1. The van der Waals surface area contributed by atoms with Crippen molar-refractivity contribution < 1.29 is 14.7 Å². The highest BCUT2D eigenvalue weighted by Crippen LogP contribution is 2.25. The Morgan fingerprint density at radius 2 is 1.95 bits per heavy atom. The van der Waals surface area contributed by atoms with Crippen molar-refractivity contribution in [3.05, 3.63) is 0 Å². The summed E-state index contributed by atoms with van der Waals surface area (Å²) in [4.78, 5) is 24.9. The zero-order valence-corrected chi connectivity index (χ0v) is 12.1. The van der Waals surface area contributed by atoms with Gasteiger partial charge >= 0.3 is 12.0 Å². The van der Waals surface area contributed by atoms with E-state index < -0.39 is 5.97 Å². The number of amides is 2. The van der Waals surface area contributed by atoms with Gasteiger partial charge in [0.2, 0.25) is 0 Å². The second-order valence-electron chi connectivity index (χ2n) is 5.46. The zero-order valence-electron chi connectivity index (χ0n) is 11.3. The molecule has 1 unspecified atom stereocenters. The summed E-state index contributed by atoms with van der Waals surface area (Å²) in [5, 5.41) is 12.5. The number of thioether (sulfide) groups is 1. The number of carbonyl (C=O) groups is 2. The standard InChI is InChI=1S/C13H22N2O3S/c1-9-8-15(6-7-19-9)13(18)14-11-4-2-10(3-5-11)12(16)17/h9-11H,2-8H2,1H3,(H,14,18)(H,16,17). The van der Waals surface area contributed by atoms with Crippen molar-refractivity contribution in [2.45, 2.75) is 43.9 Å². The van der Waals surface area contributed by atoms with Gasteiger partial charge in [-0.05, 0) is 25.7 Å². The molecule has 5 nitrogen and oxygen atoms in total. The second-order valence-corrected chi connectivity index (χ2v) is 7.01. The Balaban J connectivity index is 1.75. The van der Waals surface area contributed by atoms with Crippen LogP contribution in [0.5, 0.6) is 0 Å². The molecule has 0 aromatic heterocycles. The van der Waals surface area contributed by atoms with Crippen LogP contribution in [-0.4, -0.2) is 52.1 Å².